The molecule has 0 bridgehead atoms. The molecular formula is C27H26N3O2+. The molecule has 0 saturated carbocycles. The molecule has 0 aliphatic carbocycles. The smallest absolute Gasteiger partial charge is 0.272 e. The number of imidazole rings is 1. The highest BCUT2D eigenvalue weighted by Gasteiger charge is 2.20. The number of aromatic amines is 1. The molecule has 3 heterocycles. The van der Waals surface area contributed by atoms with Crippen LogP contribution >= 0.6 is 0 Å². The van der Waals surface area contributed by atoms with Crippen molar-refractivity contribution in [1.29, 1.82) is 0 Å². The van der Waals surface area contributed by atoms with Gasteiger partial charge in [0.15, 0.2) is 11.0 Å². The number of methoxy groups -OCH3 is 2. The summed E-state index contributed by atoms with van der Waals surface area (Å²) in [6, 6.07) is 18.5. The normalized spacial score (nSPS) is 12.1. The maximum Gasteiger partial charge on any atom is 0.272 e. The number of hydrogen-bond donors (Lipinski definition) is 1. The van der Waals surface area contributed by atoms with Crippen LogP contribution in [-0.4, -0.2) is 23.6 Å². The predicted octanol–water partition coefficient (Wildman–Crippen LogP) is 3.48. The fraction of sp³-hybridized carbons (Fsp3) is 0.148. The van der Waals surface area contributed by atoms with Gasteiger partial charge in [0.1, 0.15) is 17.0 Å². The molecule has 5 heteroatoms. The zero-order valence-corrected chi connectivity index (χ0v) is 18.8. The van der Waals surface area contributed by atoms with Crippen molar-refractivity contribution in [3.05, 3.63) is 82.7 Å². The second kappa shape index (κ2) is 7.61. The minimum Gasteiger partial charge on any atom is -0.497 e. The van der Waals surface area contributed by atoms with Gasteiger partial charge in [-0.05, 0) is 43.3 Å². The first-order valence-corrected chi connectivity index (χ1v) is 10.5. The molecule has 0 aliphatic rings. The molecule has 5 nitrogen and oxygen atoms in total. The number of nitrogens with zero attached hydrogens (tertiary/aromatic N) is 2. The molecule has 0 aliphatic heterocycles. The molecule has 5 aromatic rings. The Morgan fingerprint density at radius 1 is 1.03 bits per heavy atom. The molecule has 3 aromatic heterocycles. The minimum atomic E-state index is 0.787. The quantitative estimate of drug-likeness (QED) is 0.449. The molecule has 2 aromatic carbocycles. The number of nitrogens with one attached hydrogen (secondary N) is 1. The van der Waals surface area contributed by atoms with Gasteiger partial charge < -0.3 is 13.9 Å². The van der Waals surface area contributed by atoms with Crippen molar-refractivity contribution >= 4 is 29.2 Å². The average molecular weight is 425 g/mol. The van der Waals surface area contributed by atoms with Crippen molar-refractivity contribution < 1.29 is 14.0 Å². The number of hydrogen-bond acceptors (Lipinski definition) is 2. The van der Waals surface area contributed by atoms with Gasteiger partial charge in [-0.3, -0.25) is 0 Å². The van der Waals surface area contributed by atoms with Gasteiger partial charge in [0.25, 0.3) is 5.48 Å². The van der Waals surface area contributed by atoms with Gasteiger partial charge in [0, 0.05) is 34.3 Å². The number of rotatable bonds is 4. The van der Waals surface area contributed by atoms with Crippen LogP contribution in [0.15, 0.2) is 60.8 Å². The third kappa shape index (κ3) is 2.97. The topological polar surface area (TPSA) is 42.5 Å². The van der Waals surface area contributed by atoms with Crippen LogP contribution in [0.1, 0.15) is 11.3 Å². The fourth-order valence-electron chi connectivity index (χ4n) is 4.52. The monoisotopic (exact) mass is 424 g/mol. The van der Waals surface area contributed by atoms with Crippen LogP contribution in [0.25, 0.3) is 40.3 Å². The maximum absolute atomic E-state index is 5.68. The third-order valence-corrected chi connectivity index (χ3v) is 6.20. The summed E-state index contributed by atoms with van der Waals surface area (Å²) in [4.78, 5) is 3.49. The number of ether oxygens (including phenoxy) is 2. The molecule has 160 valence electrons. The van der Waals surface area contributed by atoms with Crippen molar-refractivity contribution in [1.82, 2.24) is 9.38 Å². The van der Waals surface area contributed by atoms with E-state index >= 15 is 0 Å². The fourth-order valence-corrected chi connectivity index (χ4v) is 4.52. The van der Waals surface area contributed by atoms with Crippen LogP contribution in [0.5, 0.6) is 11.5 Å². The Bertz CT molecular complexity index is 1580. The highest BCUT2D eigenvalue weighted by atomic mass is 16.5. The van der Waals surface area contributed by atoms with Crippen LogP contribution in [0, 0.1) is 6.92 Å². The summed E-state index contributed by atoms with van der Waals surface area (Å²) in [6.45, 7) is 6.33. The Balaban J connectivity index is 2.00. The van der Waals surface area contributed by atoms with E-state index in [0.717, 1.165) is 44.3 Å². The average Bonchev–Trinajstić information content (AvgIpc) is 3.27. The number of fused-ring (bicyclic) bond motifs is 3. The van der Waals surface area contributed by atoms with E-state index in [1.807, 2.05) is 31.3 Å². The van der Waals surface area contributed by atoms with Crippen LogP contribution in [0.2, 0.25) is 0 Å². The van der Waals surface area contributed by atoms with E-state index in [9.17, 15) is 0 Å². The van der Waals surface area contributed by atoms with Crippen LogP contribution < -0.4 is 24.7 Å². The Morgan fingerprint density at radius 3 is 2.53 bits per heavy atom. The lowest BCUT2D eigenvalue weighted by Gasteiger charge is -2.07. The zero-order chi connectivity index (χ0) is 22.4. The van der Waals surface area contributed by atoms with E-state index in [4.69, 9.17) is 9.47 Å². The highest BCUT2D eigenvalue weighted by molar-refractivity contribution is 5.94. The molecule has 0 saturated heterocycles. The summed E-state index contributed by atoms with van der Waals surface area (Å²) in [7, 11) is 5.40. The van der Waals surface area contributed by atoms with Gasteiger partial charge in [-0.1, -0.05) is 30.3 Å². The van der Waals surface area contributed by atoms with Gasteiger partial charge in [-0.25, -0.2) is 9.55 Å². The van der Waals surface area contributed by atoms with Crippen molar-refractivity contribution in [2.75, 3.05) is 14.2 Å². The van der Waals surface area contributed by atoms with Crippen molar-refractivity contribution in [3.8, 4) is 22.6 Å². The second-order valence-electron chi connectivity index (χ2n) is 7.92. The molecule has 1 N–H and O–H groups in total. The highest BCUT2D eigenvalue weighted by Crippen LogP contribution is 2.28. The summed E-state index contributed by atoms with van der Waals surface area (Å²) < 4.78 is 15.5. The third-order valence-electron chi connectivity index (χ3n) is 6.20. The van der Waals surface area contributed by atoms with Crippen molar-refractivity contribution in [2.45, 2.75) is 6.92 Å². The largest absolute Gasteiger partial charge is 0.497 e. The molecule has 0 radical (unpaired) electrons. The van der Waals surface area contributed by atoms with E-state index in [0.29, 0.717) is 0 Å². The molecular weight excluding hydrogens is 398 g/mol. The first-order chi connectivity index (χ1) is 15.5. The zero-order valence-electron chi connectivity index (χ0n) is 18.8. The summed E-state index contributed by atoms with van der Waals surface area (Å²) in [6.07, 6.45) is 4.32. The van der Waals surface area contributed by atoms with E-state index in [-0.39, 0.29) is 0 Å². The Morgan fingerprint density at radius 2 is 1.81 bits per heavy atom. The van der Waals surface area contributed by atoms with Gasteiger partial charge in [-0.15, -0.1) is 0 Å². The van der Waals surface area contributed by atoms with Gasteiger partial charge in [-0.2, -0.15) is 0 Å². The summed E-state index contributed by atoms with van der Waals surface area (Å²) in [5, 5.41) is 1.12. The van der Waals surface area contributed by atoms with E-state index < -0.39 is 0 Å². The second-order valence-corrected chi connectivity index (χ2v) is 7.92. The minimum absolute atomic E-state index is 0.787. The number of aryl methyl sites for hydroxylation is 2. The van der Waals surface area contributed by atoms with E-state index in [2.05, 4.69) is 70.1 Å². The molecule has 0 unspecified atom stereocenters. The lowest BCUT2D eigenvalue weighted by atomic mass is 10.0. The SMILES string of the molecule is C=c1[nH]c2c3c(=Cc4cc(OC)ccc4OC)c(-c4ccccc4)c(C)n3ccc2[n+]1C. The van der Waals surface area contributed by atoms with Crippen LogP contribution in [0.4, 0.5) is 0 Å². The number of pyridine rings is 1. The maximum atomic E-state index is 5.68. The van der Waals surface area contributed by atoms with Gasteiger partial charge >= 0.3 is 0 Å². The Kier molecular flexibility index (Phi) is 4.74. The molecule has 0 fully saturated rings. The van der Waals surface area contributed by atoms with E-state index in [1.165, 1.54) is 16.8 Å². The molecule has 0 atom stereocenters. The lowest BCUT2D eigenvalue weighted by molar-refractivity contribution is -0.658. The molecule has 0 amide bonds. The van der Waals surface area contributed by atoms with Crippen molar-refractivity contribution in [2.24, 2.45) is 7.05 Å². The van der Waals surface area contributed by atoms with Gasteiger partial charge in [0.2, 0.25) is 0 Å². The van der Waals surface area contributed by atoms with Crippen LogP contribution in [-0.2, 0) is 7.05 Å². The predicted molar refractivity (Wildman–Crippen MR) is 128 cm³/mol. The Labute approximate surface area is 186 Å². The van der Waals surface area contributed by atoms with Gasteiger partial charge in [0.05, 0.1) is 21.3 Å². The number of aromatic nitrogens is 3. The first-order valence-electron chi connectivity index (χ1n) is 10.5. The van der Waals surface area contributed by atoms with E-state index in [1.54, 1.807) is 14.2 Å². The molecule has 0 spiro atoms. The summed E-state index contributed by atoms with van der Waals surface area (Å²) in [5.74, 6) is 1.58. The standard InChI is InChI=1S/C27H26N3O2/c1-17-25(19-9-7-6-8-10-19)22(16-20-15-21(31-4)11-12-24(20)32-5)27-26-23(13-14-30(17)27)29(3)18(2)28-26/h6-16,28H,2H2,1,3-5H3/q+1. The molecule has 32 heavy (non-hydrogen) atoms. The number of benzene rings is 2. The lowest BCUT2D eigenvalue weighted by Crippen LogP contribution is -2.43. The van der Waals surface area contributed by atoms with Crippen LogP contribution in [0.3, 0.4) is 0 Å². The summed E-state index contributed by atoms with van der Waals surface area (Å²) >= 11 is 0. The summed E-state index contributed by atoms with van der Waals surface area (Å²) in [5.41, 5.74) is 8.60. The molecule has 5 rings (SSSR count). The first kappa shape index (κ1) is 19.9. The Hall–Kier alpha value is -3.99. The number of H-pyrrole nitrogens is 1. The van der Waals surface area contributed by atoms with Crippen molar-refractivity contribution in [3.63, 3.8) is 0 Å².